The Morgan fingerprint density at radius 3 is 0.955 bits per heavy atom. The van der Waals surface area contributed by atoms with Crippen molar-refractivity contribution in [1.29, 1.82) is 0 Å². The van der Waals surface area contributed by atoms with Crippen LogP contribution in [0.2, 0.25) is 0 Å². The van der Waals surface area contributed by atoms with Crippen LogP contribution in [0.1, 0.15) is 252 Å². The van der Waals surface area contributed by atoms with Crippen molar-refractivity contribution in [2.45, 2.75) is 270 Å². The number of aliphatic hydroxyl groups is 2. The van der Waals surface area contributed by atoms with Gasteiger partial charge in [0, 0.05) is 19.3 Å². The smallest absolute Gasteiger partial charge is 0.463 e. The molecule has 0 radical (unpaired) electrons. The Labute approximate surface area is 538 Å². The Bertz CT molecular complexity index is 2110. The Morgan fingerprint density at radius 2 is 0.596 bits per heavy atom. The van der Waals surface area contributed by atoms with Crippen LogP contribution in [0.3, 0.4) is 0 Å². The predicted octanol–water partition coefficient (Wildman–Crippen LogP) is 18.6. The number of unbranched alkanes of at least 4 members (excludes halogenated alkanes) is 20. The third-order valence-corrected chi connectivity index (χ3v) is 15.6. The molecule has 0 aliphatic heterocycles. The van der Waals surface area contributed by atoms with E-state index in [2.05, 4.69) is 142 Å². The summed E-state index contributed by atoms with van der Waals surface area (Å²) >= 11 is 0. The lowest BCUT2D eigenvalue weighted by Crippen LogP contribution is -2.30. The summed E-state index contributed by atoms with van der Waals surface area (Å²) in [6.07, 6.45) is 72.6. The van der Waals surface area contributed by atoms with Gasteiger partial charge in [-0.1, -0.05) is 226 Å². The minimum Gasteiger partial charge on any atom is -0.463 e. The first-order valence-electron chi connectivity index (χ1n) is 33.8. The molecule has 5 atom stereocenters. The topological polar surface area (TPSA) is 231 Å². The summed E-state index contributed by atoms with van der Waals surface area (Å²) in [5, 5.41) is 20.5. The molecule has 18 heteroatoms. The highest BCUT2D eigenvalue weighted by atomic mass is 31.2. The fraction of sp³-hybridized carbons (Fsp3) is 0.676. The standard InChI is InChI=1S/C71H120O16P2/c1-4-7-10-13-16-19-22-25-27-28-29-30-31-32-33-34-35-36-38-41-42-45-48-51-54-57-69(74)81-60-66(72)61-83-88(77,78)84-62-67(73)63-85-89(79,80)86-65-68(87-71(76)59-56-53-50-47-44-39-24-21-18-15-12-9-6-3)64-82-70(75)58-55-52-49-46-43-40-37-26-23-20-17-14-11-8-5-2/h7-8,10-11,16-17,19-21,24-27,29-30,32-33,35-37,66-68,72-73H,4-6,9,12-15,18,22-23,28,31,34,38-65H2,1-3H3,(H,77,78)(H,79,80)/b10-7-,11-8-,19-16-,20-17-,24-21-,27-25-,30-29-,33-32-,36-35-,37-26-. The summed E-state index contributed by atoms with van der Waals surface area (Å²) in [6, 6.07) is 0. The number of phosphoric acid groups is 2. The lowest BCUT2D eigenvalue weighted by molar-refractivity contribution is -0.161. The molecule has 89 heavy (non-hydrogen) atoms. The summed E-state index contributed by atoms with van der Waals surface area (Å²) in [6.45, 7) is 2.36. The molecule has 0 spiro atoms. The Kier molecular flexibility index (Phi) is 61.2. The number of esters is 3. The van der Waals surface area contributed by atoms with E-state index in [0.717, 1.165) is 167 Å². The van der Waals surface area contributed by atoms with E-state index in [-0.39, 0.29) is 19.3 Å². The highest BCUT2D eigenvalue weighted by Crippen LogP contribution is 2.45. The maximum Gasteiger partial charge on any atom is 0.472 e. The first-order valence-corrected chi connectivity index (χ1v) is 36.8. The van der Waals surface area contributed by atoms with Crippen molar-refractivity contribution >= 4 is 33.6 Å². The molecule has 0 aromatic rings. The van der Waals surface area contributed by atoms with Crippen molar-refractivity contribution in [3.63, 3.8) is 0 Å². The number of carbonyl (C=O) groups is 3. The van der Waals surface area contributed by atoms with Crippen LogP contribution in [0.15, 0.2) is 122 Å². The van der Waals surface area contributed by atoms with Crippen molar-refractivity contribution in [2.75, 3.05) is 39.6 Å². The Hall–Kier alpha value is -4.05. The third-order valence-electron chi connectivity index (χ3n) is 13.7. The second-order valence-electron chi connectivity index (χ2n) is 22.2. The van der Waals surface area contributed by atoms with Gasteiger partial charge in [-0.2, -0.15) is 0 Å². The normalized spacial score (nSPS) is 15.0. The molecule has 0 amide bonds. The number of phosphoric ester groups is 2. The van der Waals surface area contributed by atoms with Crippen LogP contribution in [0.25, 0.3) is 0 Å². The average Bonchev–Trinajstić information content (AvgIpc) is 3.70. The molecule has 0 bridgehead atoms. The van der Waals surface area contributed by atoms with Gasteiger partial charge in [-0.25, -0.2) is 9.13 Å². The van der Waals surface area contributed by atoms with Crippen LogP contribution in [-0.2, 0) is 55.8 Å². The summed E-state index contributed by atoms with van der Waals surface area (Å²) in [4.78, 5) is 58.3. The first kappa shape index (κ1) is 85.0. The van der Waals surface area contributed by atoms with Gasteiger partial charge in [0.25, 0.3) is 0 Å². The van der Waals surface area contributed by atoms with Crippen molar-refractivity contribution in [2.24, 2.45) is 0 Å². The average molecular weight is 1290 g/mol. The van der Waals surface area contributed by atoms with E-state index in [9.17, 15) is 43.5 Å². The number of ether oxygens (including phenoxy) is 3. The minimum atomic E-state index is -4.93. The third kappa shape index (κ3) is 65.3. The van der Waals surface area contributed by atoms with Crippen molar-refractivity contribution in [3.8, 4) is 0 Å². The maximum absolute atomic E-state index is 12.9. The molecule has 0 aliphatic carbocycles. The van der Waals surface area contributed by atoms with Gasteiger partial charge in [-0.15, -0.1) is 0 Å². The van der Waals surface area contributed by atoms with E-state index in [1.54, 1.807) is 0 Å². The Morgan fingerprint density at radius 1 is 0.326 bits per heavy atom. The van der Waals surface area contributed by atoms with Crippen LogP contribution in [0, 0.1) is 0 Å². The molecule has 0 aromatic heterocycles. The molecule has 5 unspecified atom stereocenters. The number of carbonyl (C=O) groups excluding carboxylic acids is 3. The summed E-state index contributed by atoms with van der Waals surface area (Å²) in [7, 11) is -9.79. The molecule has 0 saturated carbocycles. The second-order valence-corrected chi connectivity index (χ2v) is 25.1. The van der Waals surface area contributed by atoms with E-state index >= 15 is 0 Å². The molecule has 16 nitrogen and oxygen atoms in total. The lowest BCUT2D eigenvalue weighted by atomic mass is 10.1. The zero-order chi connectivity index (χ0) is 65.3. The molecule has 0 saturated heterocycles. The number of hydrogen-bond donors (Lipinski definition) is 4. The lowest BCUT2D eigenvalue weighted by Gasteiger charge is -2.21. The highest BCUT2D eigenvalue weighted by Gasteiger charge is 2.29. The van der Waals surface area contributed by atoms with E-state index in [1.165, 1.54) is 25.7 Å². The molecular weight excluding hydrogens is 1170 g/mol. The van der Waals surface area contributed by atoms with Gasteiger partial charge in [-0.3, -0.25) is 32.5 Å². The van der Waals surface area contributed by atoms with Crippen LogP contribution >= 0.6 is 15.6 Å². The van der Waals surface area contributed by atoms with E-state index in [4.69, 9.17) is 32.3 Å². The summed E-state index contributed by atoms with van der Waals surface area (Å²) in [5.41, 5.74) is 0. The number of rotatable bonds is 63. The van der Waals surface area contributed by atoms with E-state index < -0.39 is 91.5 Å². The van der Waals surface area contributed by atoms with Gasteiger partial charge in [-0.05, 0) is 128 Å². The Balaban J connectivity index is 4.58. The molecule has 0 rings (SSSR count). The predicted molar refractivity (Wildman–Crippen MR) is 362 cm³/mol. The first-order chi connectivity index (χ1) is 43.2. The van der Waals surface area contributed by atoms with Crippen LogP contribution < -0.4 is 0 Å². The van der Waals surface area contributed by atoms with E-state index in [0.29, 0.717) is 19.3 Å². The molecule has 4 N–H and O–H groups in total. The molecule has 510 valence electrons. The van der Waals surface area contributed by atoms with Crippen LogP contribution in [0.5, 0.6) is 0 Å². The van der Waals surface area contributed by atoms with Crippen LogP contribution in [0.4, 0.5) is 0 Å². The van der Waals surface area contributed by atoms with Crippen molar-refractivity contribution < 1.29 is 75.8 Å². The molecule has 0 aromatic carbocycles. The van der Waals surface area contributed by atoms with Crippen molar-refractivity contribution in [3.05, 3.63) is 122 Å². The monoisotopic (exact) mass is 1290 g/mol. The van der Waals surface area contributed by atoms with Gasteiger partial charge in [0.2, 0.25) is 0 Å². The highest BCUT2D eigenvalue weighted by molar-refractivity contribution is 7.47. The minimum absolute atomic E-state index is 0.0883. The van der Waals surface area contributed by atoms with Crippen LogP contribution in [-0.4, -0.2) is 95.9 Å². The van der Waals surface area contributed by atoms with Gasteiger partial charge < -0.3 is 34.2 Å². The van der Waals surface area contributed by atoms with E-state index in [1.807, 2.05) is 0 Å². The zero-order valence-corrected chi connectivity index (χ0v) is 56.8. The van der Waals surface area contributed by atoms with Gasteiger partial charge in [0.1, 0.15) is 25.4 Å². The number of hydrogen-bond acceptors (Lipinski definition) is 14. The molecular formula is C71H120O16P2. The number of allylic oxidation sites excluding steroid dienone is 20. The second kappa shape index (κ2) is 64.1. The maximum atomic E-state index is 12.9. The molecule has 0 aliphatic rings. The van der Waals surface area contributed by atoms with Gasteiger partial charge in [0.05, 0.1) is 26.4 Å². The van der Waals surface area contributed by atoms with Gasteiger partial charge >= 0.3 is 33.6 Å². The fourth-order valence-electron chi connectivity index (χ4n) is 8.52. The van der Waals surface area contributed by atoms with Crippen molar-refractivity contribution in [1.82, 2.24) is 0 Å². The molecule has 0 heterocycles. The number of aliphatic hydroxyl groups excluding tert-OH is 2. The quantitative estimate of drug-likeness (QED) is 0.0146. The fourth-order valence-corrected chi connectivity index (χ4v) is 10.1. The SMILES string of the molecule is CC/C=C\C/C=C\C/C=C\C/C=C\C/C=C\C/C=C\CCCCCCCCC(=O)OCC(O)COP(=O)(O)OCC(O)COP(=O)(O)OCC(COC(=O)CCCCCCC/C=C\C/C=C\C/C=C\CC)OC(=O)CCCCCCC/C=C\CCCCCC. The molecule has 0 fully saturated rings. The summed E-state index contributed by atoms with van der Waals surface area (Å²) in [5.74, 6) is -1.62. The zero-order valence-electron chi connectivity index (χ0n) is 55.1. The van der Waals surface area contributed by atoms with Gasteiger partial charge in [0.15, 0.2) is 6.10 Å². The summed E-state index contributed by atoms with van der Waals surface area (Å²) < 4.78 is 60.8. The largest absolute Gasteiger partial charge is 0.472 e.